The molecular formula is C15H21N. The topological polar surface area (TPSA) is 12.0 Å². The fourth-order valence-corrected chi connectivity index (χ4v) is 1.78. The highest BCUT2D eigenvalue weighted by Gasteiger charge is 2.19. The molecule has 0 bridgehead atoms. The van der Waals surface area contributed by atoms with Gasteiger partial charge in [-0.05, 0) is 44.9 Å². The number of nitrogens with one attached hydrogen (secondary N) is 1. The smallest absolute Gasteiger partial charge is 0.0566 e. The molecule has 0 aliphatic rings. The summed E-state index contributed by atoms with van der Waals surface area (Å²) in [6.45, 7) is 16.2. The maximum atomic E-state index is 3.97. The van der Waals surface area contributed by atoms with Gasteiger partial charge in [-0.25, -0.2) is 0 Å². The van der Waals surface area contributed by atoms with Crippen molar-refractivity contribution in [2.24, 2.45) is 0 Å². The van der Waals surface area contributed by atoms with Gasteiger partial charge in [0.15, 0.2) is 0 Å². The Balaban J connectivity index is 3.07. The molecule has 1 N–H and O–H groups in total. The van der Waals surface area contributed by atoms with Crippen molar-refractivity contribution in [2.75, 3.05) is 0 Å². The van der Waals surface area contributed by atoms with Crippen molar-refractivity contribution >= 4 is 5.57 Å². The van der Waals surface area contributed by atoms with Crippen molar-refractivity contribution in [1.82, 2.24) is 5.32 Å². The van der Waals surface area contributed by atoms with Gasteiger partial charge in [0.2, 0.25) is 0 Å². The molecule has 86 valence electrons. The largest absolute Gasteiger partial charge is 0.380 e. The molecule has 0 aliphatic carbocycles. The third-order valence-corrected chi connectivity index (χ3v) is 2.60. The van der Waals surface area contributed by atoms with Crippen LogP contribution in [-0.2, 0) is 5.54 Å². The quantitative estimate of drug-likeness (QED) is 0.798. The molecular weight excluding hydrogens is 194 g/mol. The van der Waals surface area contributed by atoms with Gasteiger partial charge in [0.25, 0.3) is 0 Å². The molecule has 0 aromatic heterocycles. The molecule has 1 aromatic carbocycles. The lowest BCUT2D eigenvalue weighted by molar-refractivity contribution is 0.450. The summed E-state index contributed by atoms with van der Waals surface area (Å²) < 4.78 is 0. The van der Waals surface area contributed by atoms with Crippen molar-refractivity contribution in [3.05, 3.63) is 54.2 Å². The van der Waals surface area contributed by atoms with Crippen molar-refractivity contribution in [2.45, 2.75) is 33.2 Å². The van der Waals surface area contributed by atoms with Gasteiger partial charge in [0.1, 0.15) is 0 Å². The van der Waals surface area contributed by atoms with Crippen LogP contribution in [0.4, 0.5) is 0 Å². The minimum Gasteiger partial charge on any atom is -0.380 e. The van der Waals surface area contributed by atoms with E-state index >= 15 is 0 Å². The van der Waals surface area contributed by atoms with Gasteiger partial charge >= 0.3 is 0 Å². The normalized spacial score (nSPS) is 11.0. The van der Waals surface area contributed by atoms with E-state index in [0.717, 1.165) is 11.3 Å². The molecule has 0 atom stereocenters. The molecule has 0 unspecified atom stereocenters. The minimum atomic E-state index is -0.0999. The van der Waals surface area contributed by atoms with Gasteiger partial charge in [-0.15, -0.1) is 0 Å². The maximum Gasteiger partial charge on any atom is 0.0566 e. The molecule has 1 nitrogen and oxygen atoms in total. The van der Waals surface area contributed by atoms with Gasteiger partial charge in [0, 0.05) is 5.70 Å². The number of hydrogen-bond donors (Lipinski definition) is 1. The Morgan fingerprint density at radius 1 is 1.19 bits per heavy atom. The lowest BCUT2D eigenvalue weighted by Crippen LogP contribution is -2.34. The molecule has 0 heterocycles. The summed E-state index contributed by atoms with van der Waals surface area (Å²) in [5.41, 5.74) is 4.40. The van der Waals surface area contributed by atoms with Gasteiger partial charge in [-0.2, -0.15) is 0 Å². The third kappa shape index (κ3) is 2.99. The van der Waals surface area contributed by atoms with Crippen molar-refractivity contribution < 1.29 is 0 Å². The first-order chi connectivity index (χ1) is 7.33. The second-order valence-electron chi connectivity index (χ2n) is 4.89. The average molecular weight is 215 g/mol. The summed E-state index contributed by atoms with van der Waals surface area (Å²) in [5, 5.41) is 3.38. The van der Waals surface area contributed by atoms with E-state index in [0.29, 0.717) is 0 Å². The molecule has 16 heavy (non-hydrogen) atoms. The van der Waals surface area contributed by atoms with Crippen molar-refractivity contribution in [3.8, 4) is 0 Å². The summed E-state index contributed by atoms with van der Waals surface area (Å²) in [6.07, 6.45) is 0. The molecule has 0 aliphatic heterocycles. The van der Waals surface area contributed by atoms with E-state index in [9.17, 15) is 0 Å². The highest BCUT2D eigenvalue weighted by atomic mass is 15.0. The first-order valence-corrected chi connectivity index (χ1v) is 5.53. The molecule has 1 heteroatoms. The van der Waals surface area contributed by atoms with Crippen LogP contribution in [0.5, 0.6) is 0 Å². The van der Waals surface area contributed by atoms with Gasteiger partial charge < -0.3 is 5.32 Å². The Bertz CT molecular complexity index is 413. The molecule has 1 aromatic rings. The molecule has 0 radical (unpaired) electrons. The van der Waals surface area contributed by atoms with E-state index in [-0.39, 0.29) is 5.54 Å². The van der Waals surface area contributed by atoms with Crippen LogP contribution in [-0.4, -0.2) is 0 Å². The van der Waals surface area contributed by atoms with Crippen molar-refractivity contribution in [1.29, 1.82) is 0 Å². The van der Waals surface area contributed by atoms with E-state index in [1.54, 1.807) is 0 Å². The number of allylic oxidation sites excluding steroid dienone is 2. The van der Waals surface area contributed by atoms with Crippen LogP contribution in [0.15, 0.2) is 43.1 Å². The summed E-state index contributed by atoms with van der Waals surface area (Å²) >= 11 is 0. The number of benzene rings is 1. The zero-order valence-electron chi connectivity index (χ0n) is 10.7. The lowest BCUT2D eigenvalue weighted by atomic mass is 9.91. The standard InChI is InChI=1S/C15H21N/c1-11(2)13-8-7-9-14(10-13)15(5,6)16-12(3)4/h7-10,16H,1,3H2,2,4-6H3. The van der Waals surface area contributed by atoms with E-state index < -0.39 is 0 Å². The van der Waals surface area contributed by atoms with Crippen LogP contribution in [0.1, 0.15) is 38.8 Å². The van der Waals surface area contributed by atoms with Crippen LogP contribution >= 0.6 is 0 Å². The van der Waals surface area contributed by atoms with E-state index in [2.05, 4.69) is 56.6 Å². The predicted octanol–water partition coefficient (Wildman–Crippen LogP) is 4.08. The number of rotatable bonds is 4. The predicted molar refractivity (Wildman–Crippen MR) is 72.1 cm³/mol. The Morgan fingerprint density at radius 3 is 2.31 bits per heavy atom. The van der Waals surface area contributed by atoms with Crippen LogP contribution < -0.4 is 5.32 Å². The zero-order valence-corrected chi connectivity index (χ0v) is 10.7. The van der Waals surface area contributed by atoms with E-state index in [4.69, 9.17) is 0 Å². The summed E-state index contributed by atoms with van der Waals surface area (Å²) in [7, 11) is 0. The van der Waals surface area contributed by atoms with Crippen LogP contribution in [0.25, 0.3) is 5.57 Å². The Hall–Kier alpha value is -1.50. The Labute approximate surface area is 98.9 Å². The number of hydrogen-bond acceptors (Lipinski definition) is 1. The molecule has 0 saturated carbocycles. The summed E-state index contributed by atoms with van der Waals surface area (Å²) in [4.78, 5) is 0. The monoisotopic (exact) mass is 215 g/mol. The molecule has 0 amide bonds. The molecule has 0 saturated heterocycles. The first kappa shape index (κ1) is 12.6. The fourth-order valence-electron chi connectivity index (χ4n) is 1.78. The fraction of sp³-hybridized carbons (Fsp3) is 0.333. The second kappa shape index (κ2) is 4.56. The van der Waals surface area contributed by atoms with Gasteiger partial charge in [-0.3, -0.25) is 0 Å². The molecule has 1 rings (SSSR count). The second-order valence-corrected chi connectivity index (χ2v) is 4.89. The highest BCUT2D eigenvalue weighted by Crippen LogP contribution is 2.24. The molecule has 0 fully saturated rings. The van der Waals surface area contributed by atoms with E-state index in [1.165, 1.54) is 11.1 Å². The van der Waals surface area contributed by atoms with E-state index in [1.807, 2.05) is 13.8 Å². The van der Waals surface area contributed by atoms with Crippen LogP contribution in [0.3, 0.4) is 0 Å². The van der Waals surface area contributed by atoms with Gasteiger partial charge in [0.05, 0.1) is 5.54 Å². The first-order valence-electron chi connectivity index (χ1n) is 5.53. The Morgan fingerprint density at radius 2 is 1.81 bits per heavy atom. The minimum absolute atomic E-state index is 0.0999. The summed E-state index contributed by atoms with van der Waals surface area (Å²) in [6, 6.07) is 8.46. The van der Waals surface area contributed by atoms with Crippen molar-refractivity contribution in [3.63, 3.8) is 0 Å². The lowest BCUT2D eigenvalue weighted by Gasteiger charge is -2.28. The third-order valence-electron chi connectivity index (χ3n) is 2.60. The SMILES string of the molecule is C=C(C)NC(C)(C)c1cccc(C(=C)C)c1. The Kier molecular flexibility index (Phi) is 3.58. The highest BCUT2D eigenvalue weighted by molar-refractivity contribution is 5.62. The van der Waals surface area contributed by atoms with Gasteiger partial charge in [-0.1, -0.05) is 36.9 Å². The van der Waals surface area contributed by atoms with Crippen LogP contribution in [0, 0.1) is 0 Å². The summed E-state index contributed by atoms with van der Waals surface area (Å²) in [5.74, 6) is 0. The maximum absolute atomic E-state index is 3.97. The van der Waals surface area contributed by atoms with Crippen LogP contribution in [0.2, 0.25) is 0 Å². The zero-order chi connectivity index (χ0) is 12.3. The molecule has 0 spiro atoms. The average Bonchev–Trinajstić information content (AvgIpc) is 2.16.